The number of carbonyl (C=O) groups excluding carboxylic acids is 3. The Labute approximate surface area is 304 Å². The van der Waals surface area contributed by atoms with Crippen LogP contribution in [-0.2, 0) is 21.8 Å². The first-order valence-corrected chi connectivity index (χ1v) is 16.5. The van der Waals surface area contributed by atoms with Gasteiger partial charge in [-0.3, -0.25) is 25.0 Å². The Kier molecular flexibility index (Phi) is 11.3. The van der Waals surface area contributed by atoms with Gasteiger partial charge in [-0.05, 0) is 53.7 Å². The van der Waals surface area contributed by atoms with Crippen LogP contribution in [0, 0.1) is 20.2 Å². The molecule has 0 aromatic heterocycles. The number of ketones is 1. The van der Waals surface area contributed by atoms with Crippen LogP contribution in [0.4, 0.5) is 58.7 Å². The molecule has 0 radical (unpaired) electrons. The van der Waals surface area contributed by atoms with Crippen LogP contribution >= 0.6 is 0 Å². The number of amides is 2. The molecular formula is C33H38F6N6O9. The maximum atomic E-state index is 14.5. The van der Waals surface area contributed by atoms with Crippen LogP contribution in [0.5, 0.6) is 0 Å². The molecule has 2 amide bonds. The lowest BCUT2D eigenvalue weighted by Gasteiger charge is -2.38. The minimum Gasteiger partial charge on any atom is -0.444 e. The van der Waals surface area contributed by atoms with Gasteiger partial charge in [-0.1, -0.05) is 0 Å². The van der Waals surface area contributed by atoms with Gasteiger partial charge in [0.15, 0.2) is 5.78 Å². The minimum atomic E-state index is -5.28. The standard InChI is InChI=1S/C33H38F6N6O9/c1-30(2,3)53-28(47)42-11-7-40(8-12-42)25-21(15-19(32(34,35)36)17-23(25)44(49)50)27(46)22-16-20(33(37,38)39)18-24(45(51)52)26(22)41-9-13-43(14-10-41)29(48)54-31(4,5)6/h15-18H,7-14H2,1-6H3. The zero-order chi connectivity index (χ0) is 40.7. The van der Waals surface area contributed by atoms with Crippen LogP contribution in [0.2, 0.25) is 0 Å². The lowest BCUT2D eigenvalue weighted by atomic mass is 9.93. The maximum absolute atomic E-state index is 14.5. The highest BCUT2D eigenvalue weighted by molar-refractivity contribution is 6.17. The van der Waals surface area contributed by atoms with E-state index in [2.05, 4.69) is 0 Å². The Morgan fingerprint density at radius 1 is 0.574 bits per heavy atom. The summed E-state index contributed by atoms with van der Waals surface area (Å²) in [7, 11) is 0. The Hall–Kier alpha value is -5.37. The van der Waals surface area contributed by atoms with E-state index >= 15 is 0 Å². The molecule has 2 heterocycles. The van der Waals surface area contributed by atoms with Crippen molar-refractivity contribution < 1.29 is 60.0 Å². The van der Waals surface area contributed by atoms with E-state index in [1.165, 1.54) is 9.80 Å². The molecule has 0 saturated carbocycles. The smallest absolute Gasteiger partial charge is 0.416 e. The summed E-state index contributed by atoms with van der Waals surface area (Å²) in [5, 5.41) is 24.7. The second kappa shape index (κ2) is 14.8. The van der Waals surface area contributed by atoms with Crippen molar-refractivity contribution in [2.75, 3.05) is 62.2 Å². The van der Waals surface area contributed by atoms with Crippen molar-refractivity contribution in [3.63, 3.8) is 0 Å². The Morgan fingerprint density at radius 3 is 1.11 bits per heavy atom. The molecule has 2 saturated heterocycles. The predicted molar refractivity (Wildman–Crippen MR) is 180 cm³/mol. The molecule has 15 nitrogen and oxygen atoms in total. The van der Waals surface area contributed by atoms with Crippen LogP contribution in [-0.4, -0.2) is 101 Å². The number of anilines is 2. The van der Waals surface area contributed by atoms with E-state index in [-0.39, 0.29) is 76.6 Å². The first-order chi connectivity index (χ1) is 24.7. The Morgan fingerprint density at radius 2 is 0.870 bits per heavy atom. The number of piperazine rings is 2. The summed E-state index contributed by atoms with van der Waals surface area (Å²) >= 11 is 0. The van der Waals surface area contributed by atoms with E-state index in [0.717, 1.165) is 9.80 Å². The predicted octanol–water partition coefficient (Wildman–Crippen LogP) is 6.89. The van der Waals surface area contributed by atoms with Gasteiger partial charge in [-0.2, -0.15) is 26.3 Å². The second-order valence-electron chi connectivity index (χ2n) is 14.5. The Balaban J connectivity index is 1.90. The van der Waals surface area contributed by atoms with Gasteiger partial charge in [0.25, 0.3) is 11.4 Å². The highest BCUT2D eigenvalue weighted by Gasteiger charge is 2.42. The van der Waals surface area contributed by atoms with Gasteiger partial charge >= 0.3 is 24.5 Å². The highest BCUT2D eigenvalue weighted by atomic mass is 19.4. The maximum Gasteiger partial charge on any atom is 0.416 e. The summed E-state index contributed by atoms with van der Waals surface area (Å²) < 4.78 is 95.9. The van der Waals surface area contributed by atoms with Gasteiger partial charge in [0, 0.05) is 64.5 Å². The molecule has 0 aliphatic carbocycles. The summed E-state index contributed by atoms with van der Waals surface area (Å²) in [4.78, 5) is 66.9. The molecule has 2 aliphatic rings. The van der Waals surface area contributed by atoms with Gasteiger partial charge in [0.1, 0.15) is 22.6 Å². The minimum absolute atomic E-state index is 0.178. The Bertz CT molecular complexity index is 1690. The van der Waals surface area contributed by atoms with Gasteiger partial charge in [-0.25, -0.2) is 9.59 Å². The zero-order valence-electron chi connectivity index (χ0n) is 30.1. The number of ether oxygens (including phenoxy) is 2. The largest absolute Gasteiger partial charge is 0.444 e. The van der Waals surface area contributed by atoms with Crippen molar-refractivity contribution in [3.05, 3.63) is 66.7 Å². The molecule has 21 heteroatoms. The van der Waals surface area contributed by atoms with Crippen molar-refractivity contribution in [3.8, 4) is 0 Å². The zero-order valence-corrected chi connectivity index (χ0v) is 30.1. The van der Waals surface area contributed by atoms with E-state index < -0.39 is 96.4 Å². The SMILES string of the molecule is CC(C)(C)OC(=O)N1CCN(c2c(C(=O)c3cc(C(F)(F)F)cc([N+](=O)[O-])c3N3CCN(C(=O)OC(C)(C)C)CC3)cc(C(F)(F)F)cc2[N+](=O)[O-])CC1. The molecule has 2 aliphatic heterocycles. The van der Waals surface area contributed by atoms with Crippen molar-refractivity contribution >= 4 is 40.7 Å². The summed E-state index contributed by atoms with van der Waals surface area (Å²) in [6.45, 7) is 7.81. The number of rotatable bonds is 6. The molecule has 0 atom stereocenters. The number of hydrogen-bond acceptors (Lipinski definition) is 11. The molecule has 296 valence electrons. The van der Waals surface area contributed by atoms with E-state index in [9.17, 15) is 61.0 Å². The lowest BCUT2D eigenvalue weighted by molar-refractivity contribution is -0.384. The first kappa shape index (κ1) is 41.4. The topological polar surface area (TPSA) is 169 Å². The number of nitrogens with zero attached hydrogens (tertiary/aromatic N) is 6. The monoisotopic (exact) mass is 776 g/mol. The first-order valence-electron chi connectivity index (χ1n) is 16.5. The summed E-state index contributed by atoms with van der Waals surface area (Å²) in [5.41, 5.74) is -11.1. The van der Waals surface area contributed by atoms with E-state index in [1.54, 1.807) is 41.5 Å². The fourth-order valence-electron chi connectivity index (χ4n) is 5.88. The van der Waals surface area contributed by atoms with Crippen molar-refractivity contribution in [1.82, 2.24) is 9.80 Å². The third kappa shape index (κ3) is 9.59. The molecule has 0 spiro atoms. The van der Waals surface area contributed by atoms with Crippen LogP contribution < -0.4 is 9.80 Å². The summed E-state index contributed by atoms with van der Waals surface area (Å²) in [6, 6.07) is 0.859. The second-order valence-corrected chi connectivity index (χ2v) is 14.5. The number of hydrogen-bond donors (Lipinski definition) is 0. The summed E-state index contributed by atoms with van der Waals surface area (Å²) in [6.07, 6.45) is -12.1. The fourth-order valence-corrected chi connectivity index (χ4v) is 5.88. The van der Waals surface area contributed by atoms with Crippen molar-refractivity contribution in [1.29, 1.82) is 0 Å². The van der Waals surface area contributed by atoms with Gasteiger partial charge < -0.3 is 29.1 Å². The number of halogens is 6. The van der Waals surface area contributed by atoms with Gasteiger partial charge in [-0.15, -0.1) is 0 Å². The normalized spacial score (nSPS) is 15.9. The highest BCUT2D eigenvalue weighted by Crippen LogP contribution is 2.45. The molecule has 54 heavy (non-hydrogen) atoms. The average molecular weight is 777 g/mol. The van der Waals surface area contributed by atoms with Crippen LogP contribution in [0.15, 0.2) is 24.3 Å². The molecule has 2 aromatic rings. The summed E-state index contributed by atoms with van der Waals surface area (Å²) in [5.74, 6) is -1.60. The lowest BCUT2D eigenvalue weighted by Crippen LogP contribution is -2.50. The molecule has 2 aromatic carbocycles. The third-order valence-corrected chi connectivity index (χ3v) is 8.21. The number of nitro groups is 2. The van der Waals surface area contributed by atoms with Crippen LogP contribution in [0.3, 0.4) is 0 Å². The molecule has 2 fully saturated rings. The fraction of sp³-hybridized carbons (Fsp3) is 0.545. The van der Waals surface area contributed by atoms with Crippen LogP contribution in [0.25, 0.3) is 0 Å². The number of benzene rings is 2. The molecule has 0 N–H and O–H groups in total. The number of nitro benzene ring substituents is 2. The molecule has 0 bridgehead atoms. The molecule has 4 rings (SSSR count). The van der Waals surface area contributed by atoms with E-state index in [0.29, 0.717) is 0 Å². The van der Waals surface area contributed by atoms with Crippen LogP contribution in [0.1, 0.15) is 68.6 Å². The molecule has 0 unspecified atom stereocenters. The quantitative estimate of drug-likeness (QED) is 0.130. The van der Waals surface area contributed by atoms with Crippen molar-refractivity contribution in [2.45, 2.75) is 65.1 Å². The van der Waals surface area contributed by atoms with Gasteiger partial charge in [0.2, 0.25) is 0 Å². The molecular weight excluding hydrogens is 738 g/mol. The van der Waals surface area contributed by atoms with Gasteiger partial charge in [0.05, 0.1) is 32.1 Å². The third-order valence-electron chi connectivity index (χ3n) is 8.21. The average Bonchev–Trinajstić information content (AvgIpc) is 3.04. The van der Waals surface area contributed by atoms with E-state index in [1.807, 2.05) is 0 Å². The number of carbonyl (C=O) groups is 3. The van der Waals surface area contributed by atoms with E-state index in [4.69, 9.17) is 9.47 Å². The number of alkyl halides is 6. The van der Waals surface area contributed by atoms with Crippen molar-refractivity contribution in [2.24, 2.45) is 0 Å².